The van der Waals surface area contributed by atoms with E-state index in [0.717, 1.165) is 0 Å². The molecule has 6 heteroatoms. The number of hydrogen-bond donors (Lipinski definition) is 1. The van der Waals surface area contributed by atoms with Gasteiger partial charge in [-0.1, -0.05) is 12.2 Å². The lowest BCUT2D eigenvalue weighted by Crippen LogP contribution is -2.42. The number of aliphatic carboxylic acids is 1. The molecule has 0 unspecified atom stereocenters. The second-order valence-corrected chi connectivity index (χ2v) is 4.49. The minimum Gasteiger partial charge on any atom is -0.481 e. The van der Waals surface area contributed by atoms with Crippen molar-refractivity contribution >= 4 is 17.8 Å². The van der Waals surface area contributed by atoms with Crippen molar-refractivity contribution in [3.63, 3.8) is 0 Å². The highest BCUT2D eigenvalue weighted by atomic mass is 16.5. The fourth-order valence-corrected chi connectivity index (χ4v) is 2.12. The van der Waals surface area contributed by atoms with Crippen LogP contribution < -0.4 is 0 Å². The van der Waals surface area contributed by atoms with Gasteiger partial charge in [-0.05, 0) is 19.8 Å². The standard InChI is InChI=1S/C13H19NO5/c1-3-19-11(15)8-14(2)12(16)9-6-4-5-7-10(9)13(17)18/h4-5,9-10H,3,6-8H2,1-2H3,(H,17,18)/t9-,10+/m1/s1. The number of hydrogen-bond acceptors (Lipinski definition) is 4. The number of carbonyl (C=O) groups excluding carboxylic acids is 2. The SMILES string of the molecule is CCOC(=O)CN(C)C(=O)[C@@H]1CC=CC[C@@H]1C(=O)O. The molecular formula is C13H19NO5. The van der Waals surface area contributed by atoms with Crippen molar-refractivity contribution in [2.24, 2.45) is 11.8 Å². The molecule has 1 N–H and O–H groups in total. The molecule has 0 saturated carbocycles. The van der Waals surface area contributed by atoms with Crippen LogP contribution in [-0.2, 0) is 19.1 Å². The number of nitrogens with zero attached hydrogens (tertiary/aromatic N) is 1. The van der Waals surface area contributed by atoms with Crippen molar-refractivity contribution in [3.8, 4) is 0 Å². The van der Waals surface area contributed by atoms with Crippen LogP contribution in [0, 0.1) is 11.8 Å². The quantitative estimate of drug-likeness (QED) is 0.586. The van der Waals surface area contributed by atoms with E-state index in [0.29, 0.717) is 12.8 Å². The molecule has 2 atom stereocenters. The molecule has 0 aromatic rings. The van der Waals surface area contributed by atoms with E-state index < -0.39 is 23.8 Å². The monoisotopic (exact) mass is 269 g/mol. The number of rotatable bonds is 5. The second-order valence-electron chi connectivity index (χ2n) is 4.49. The zero-order valence-corrected chi connectivity index (χ0v) is 11.2. The Morgan fingerprint density at radius 2 is 1.84 bits per heavy atom. The van der Waals surface area contributed by atoms with Gasteiger partial charge in [0.1, 0.15) is 6.54 Å². The number of allylic oxidation sites excluding steroid dienone is 2. The third-order valence-electron chi connectivity index (χ3n) is 3.11. The van der Waals surface area contributed by atoms with Crippen molar-refractivity contribution in [1.29, 1.82) is 0 Å². The average molecular weight is 269 g/mol. The molecule has 0 fully saturated rings. The van der Waals surface area contributed by atoms with Crippen LogP contribution in [0.25, 0.3) is 0 Å². The lowest BCUT2D eigenvalue weighted by molar-refractivity contribution is -0.153. The minimum absolute atomic E-state index is 0.154. The van der Waals surface area contributed by atoms with Gasteiger partial charge in [-0.25, -0.2) is 0 Å². The van der Waals surface area contributed by atoms with Crippen molar-refractivity contribution in [3.05, 3.63) is 12.2 Å². The van der Waals surface area contributed by atoms with E-state index in [1.165, 1.54) is 11.9 Å². The average Bonchev–Trinajstić information content (AvgIpc) is 2.37. The summed E-state index contributed by atoms with van der Waals surface area (Å²) in [6.07, 6.45) is 4.32. The number of likely N-dealkylation sites (N-methyl/N-ethyl adjacent to an activating group) is 1. The normalized spacial score (nSPS) is 21.8. The summed E-state index contributed by atoms with van der Waals surface area (Å²) in [7, 11) is 1.48. The first kappa shape index (κ1) is 15.2. The number of carboxylic acid groups (broad SMARTS) is 1. The number of amides is 1. The van der Waals surface area contributed by atoms with Gasteiger partial charge in [-0.2, -0.15) is 0 Å². The van der Waals surface area contributed by atoms with Crippen LogP contribution in [0.2, 0.25) is 0 Å². The zero-order valence-electron chi connectivity index (χ0n) is 11.2. The van der Waals surface area contributed by atoms with E-state index in [1.54, 1.807) is 19.1 Å². The summed E-state index contributed by atoms with van der Waals surface area (Å²) in [5.41, 5.74) is 0. The van der Waals surface area contributed by atoms with E-state index in [9.17, 15) is 14.4 Å². The largest absolute Gasteiger partial charge is 0.481 e. The van der Waals surface area contributed by atoms with Crippen LogP contribution >= 0.6 is 0 Å². The maximum absolute atomic E-state index is 12.2. The Hall–Kier alpha value is -1.85. The molecule has 1 aliphatic carbocycles. The molecule has 0 bridgehead atoms. The minimum atomic E-state index is -0.979. The highest BCUT2D eigenvalue weighted by molar-refractivity contribution is 5.87. The highest BCUT2D eigenvalue weighted by Crippen LogP contribution is 2.27. The van der Waals surface area contributed by atoms with Gasteiger partial charge in [0.15, 0.2) is 0 Å². The summed E-state index contributed by atoms with van der Waals surface area (Å²) in [5, 5.41) is 9.11. The van der Waals surface area contributed by atoms with Crippen LogP contribution in [0.15, 0.2) is 12.2 Å². The lowest BCUT2D eigenvalue weighted by atomic mass is 9.82. The highest BCUT2D eigenvalue weighted by Gasteiger charge is 2.35. The molecule has 0 aliphatic heterocycles. The van der Waals surface area contributed by atoms with Crippen LogP contribution in [0.1, 0.15) is 19.8 Å². The molecule has 1 rings (SSSR count). The van der Waals surface area contributed by atoms with Crippen molar-refractivity contribution < 1.29 is 24.2 Å². The Kier molecular flexibility index (Phi) is 5.54. The summed E-state index contributed by atoms with van der Waals surface area (Å²) in [6.45, 7) is 1.79. The van der Waals surface area contributed by atoms with E-state index in [-0.39, 0.29) is 19.1 Å². The van der Waals surface area contributed by atoms with Gasteiger partial charge in [0, 0.05) is 7.05 Å². The van der Waals surface area contributed by atoms with Crippen LogP contribution in [-0.4, -0.2) is 48.1 Å². The molecule has 0 aromatic carbocycles. The molecule has 6 nitrogen and oxygen atoms in total. The molecule has 106 valence electrons. The molecule has 0 heterocycles. The fourth-order valence-electron chi connectivity index (χ4n) is 2.12. The third-order valence-corrected chi connectivity index (χ3v) is 3.11. The Bertz CT molecular complexity index is 390. The first-order chi connectivity index (χ1) is 8.97. The van der Waals surface area contributed by atoms with Crippen molar-refractivity contribution in [2.45, 2.75) is 19.8 Å². The Balaban J connectivity index is 2.67. The molecule has 0 spiro atoms. The van der Waals surface area contributed by atoms with E-state index in [2.05, 4.69) is 0 Å². The van der Waals surface area contributed by atoms with Gasteiger partial charge in [-0.15, -0.1) is 0 Å². The molecule has 0 saturated heterocycles. The maximum Gasteiger partial charge on any atom is 0.325 e. The van der Waals surface area contributed by atoms with Crippen molar-refractivity contribution in [1.82, 2.24) is 4.90 Å². The lowest BCUT2D eigenvalue weighted by Gasteiger charge is -2.28. The topological polar surface area (TPSA) is 83.9 Å². The summed E-state index contributed by atoms with van der Waals surface area (Å²) in [5.74, 6) is -3.13. The fraction of sp³-hybridized carbons (Fsp3) is 0.615. The van der Waals surface area contributed by atoms with E-state index in [4.69, 9.17) is 9.84 Å². The summed E-state index contributed by atoms with van der Waals surface area (Å²) < 4.78 is 4.76. The molecular weight excluding hydrogens is 250 g/mol. The Morgan fingerprint density at radius 3 is 2.37 bits per heavy atom. The second kappa shape index (κ2) is 6.92. The Labute approximate surface area is 112 Å². The van der Waals surface area contributed by atoms with Gasteiger partial charge in [0.25, 0.3) is 0 Å². The van der Waals surface area contributed by atoms with Gasteiger partial charge >= 0.3 is 11.9 Å². The smallest absolute Gasteiger partial charge is 0.325 e. The first-order valence-corrected chi connectivity index (χ1v) is 6.25. The predicted molar refractivity (Wildman–Crippen MR) is 67.3 cm³/mol. The molecule has 0 aromatic heterocycles. The number of ether oxygens (including phenoxy) is 1. The first-order valence-electron chi connectivity index (χ1n) is 6.25. The van der Waals surface area contributed by atoms with Crippen molar-refractivity contribution in [2.75, 3.05) is 20.2 Å². The van der Waals surface area contributed by atoms with Crippen LogP contribution in [0.5, 0.6) is 0 Å². The molecule has 1 aliphatic rings. The molecule has 1 amide bonds. The molecule has 19 heavy (non-hydrogen) atoms. The predicted octanol–water partition coefficient (Wildman–Crippen LogP) is 0.675. The van der Waals surface area contributed by atoms with Gasteiger partial charge in [0.2, 0.25) is 5.91 Å². The third kappa shape index (κ3) is 4.08. The van der Waals surface area contributed by atoms with Crippen LogP contribution in [0.3, 0.4) is 0 Å². The Morgan fingerprint density at radius 1 is 1.26 bits per heavy atom. The summed E-state index contributed by atoms with van der Waals surface area (Å²) in [4.78, 5) is 35.8. The molecule has 0 radical (unpaired) electrons. The summed E-state index contributed by atoms with van der Waals surface area (Å²) in [6, 6.07) is 0. The maximum atomic E-state index is 12.2. The van der Waals surface area contributed by atoms with E-state index >= 15 is 0 Å². The number of esters is 1. The van der Waals surface area contributed by atoms with Gasteiger partial charge in [0.05, 0.1) is 18.4 Å². The summed E-state index contributed by atoms with van der Waals surface area (Å²) >= 11 is 0. The van der Waals surface area contributed by atoms with Gasteiger partial charge in [-0.3, -0.25) is 14.4 Å². The number of carboxylic acids is 1. The van der Waals surface area contributed by atoms with Gasteiger partial charge < -0.3 is 14.7 Å². The number of carbonyl (C=O) groups is 3. The zero-order chi connectivity index (χ0) is 14.4. The van der Waals surface area contributed by atoms with Crippen LogP contribution in [0.4, 0.5) is 0 Å². The van der Waals surface area contributed by atoms with E-state index in [1.807, 2.05) is 0 Å².